The molecule has 3 rings (SSSR count). The summed E-state index contributed by atoms with van der Waals surface area (Å²) < 4.78 is 32.1. The van der Waals surface area contributed by atoms with E-state index in [4.69, 9.17) is 4.74 Å². The van der Waals surface area contributed by atoms with Crippen molar-refractivity contribution in [3.63, 3.8) is 0 Å². The van der Waals surface area contributed by atoms with Gasteiger partial charge in [0.2, 0.25) is 0 Å². The maximum absolute atomic E-state index is 13.5. The minimum absolute atomic E-state index is 0.0849. The molecule has 0 spiro atoms. The van der Waals surface area contributed by atoms with E-state index in [1.165, 1.54) is 24.3 Å². The number of nitrogens with one attached hydrogen (secondary N) is 1. The molecule has 2 aromatic carbocycles. The molecule has 0 radical (unpaired) electrons. The quantitative estimate of drug-likeness (QED) is 0.906. The van der Waals surface area contributed by atoms with E-state index in [0.29, 0.717) is 24.5 Å². The predicted octanol–water partition coefficient (Wildman–Crippen LogP) is 3.50. The Bertz CT molecular complexity index is 661. The first kappa shape index (κ1) is 15.9. The van der Waals surface area contributed by atoms with Gasteiger partial charge in [0.05, 0.1) is 12.7 Å². The van der Waals surface area contributed by atoms with Crippen LogP contribution in [-0.2, 0) is 0 Å². The van der Waals surface area contributed by atoms with Crippen molar-refractivity contribution < 1.29 is 18.6 Å². The average Bonchev–Trinajstić information content (AvgIpc) is 2.75. The normalized spacial score (nSPS) is 18.7. The fourth-order valence-corrected chi connectivity index (χ4v) is 2.82. The number of aliphatic hydroxyl groups is 1. The summed E-state index contributed by atoms with van der Waals surface area (Å²) in [6, 6.07) is 10.2. The van der Waals surface area contributed by atoms with Crippen LogP contribution in [0.1, 0.15) is 36.1 Å². The SMILES string of the molecule is OC(CNC1CCCOc2ccc(F)cc21)c1ccc(F)cc1. The molecule has 2 atom stereocenters. The Morgan fingerprint density at radius 2 is 1.87 bits per heavy atom. The van der Waals surface area contributed by atoms with E-state index in [2.05, 4.69) is 5.32 Å². The smallest absolute Gasteiger partial charge is 0.124 e. The van der Waals surface area contributed by atoms with Gasteiger partial charge >= 0.3 is 0 Å². The highest BCUT2D eigenvalue weighted by molar-refractivity contribution is 5.37. The molecule has 122 valence electrons. The second-order valence-electron chi connectivity index (χ2n) is 5.70. The van der Waals surface area contributed by atoms with Crippen molar-refractivity contribution in [1.29, 1.82) is 0 Å². The van der Waals surface area contributed by atoms with Crippen LogP contribution in [0.15, 0.2) is 42.5 Å². The van der Waals surface area contributed by atoms with Crippen LogP contribution in [0.25, 0.3) is 0 Å². The van der Waals surface area contributed by atoms with Crippen molar-refractivity contribution in [1.82, 2.24) is 5.32 Å². The van der Waals surface area contributed by atoms with Crippen molar-refractivity contribution >= 4 is 0 Å². The molecule has 5 heteroatoms. The number of fused-ring (bicyclic) bond motifs is 1. The monoisotopic (exact) mass is 319 g/mol. The molecule has 0 saturated heterocycles. The van der Waals surface area contributed by atoms with Crippen molar-refractivity contribution in [2.75, 3.05) is 13.2 Å². The second kappa shape index (κ2) is 7.06. The highest BCUT2D eigenvalue weighted by Gasteiger charge is 2.21. The predicted molar refractivity (Wildman–Crippen MR) is 83.2 cm³/mol. The highest BCUT2D eigenvalue weighted by atomic mass is 19.1. The zero-order valence-electron chi connectivity index (χ0n) is 12.6. The number of ether oxygens (including phenoxy) is 1. The molecular weight excluding hydrogens is 300 g/mol. The van der Waals surface area contributed by atoms with Crippen molar-refractivity contribution in [3.8, 4) is 5.75 Å². The first-order chi connectivity index (χ1) is 11.1. The lowest BCUT2D eigenvalue weighted by molar-refractivity contribution is 0.169. The summed E-state index contributed by atoms with van der Waals surface area (Å²) >= 11 is 0. The van der Waals surface area contributed by atoms with Crippen LogP contribution < -0.4 is 10.1 Å². The van der Waals surface area contributed by atoms with Gasteiger partial charge in [0.15, 0.2) is 0 Å². The van der Waals surface area contributed by atoms with Crippen molar-refractivity contribution in [2.24, 2.45) is 0 Å². The van der Waals surface area contributed by atoms with Gasteiger partial charge in [-0.05, 0) is 48.7 Å². The largest absolute Gasteiger partial charge is 0.493 e. The topological polar surface area (TPSA) is 41.5 Å². The number of benzene rings is 2. The van der Waals surface area contributed by atoms with Gasteiger partial charge in [-0.3, -0.25) is 0 Å². The van der Waals surface area contributed by atoms with E-state index in [0.717, 1.165) is 18.4 Å². The van der Waals surface area contributed by atoms with Crippen molar-refractivity contribution in [2.45, 2.75) is 25.0 Å². The summed E-state index contributed by atoms with van der Waals surface area (Å²) in [6.07, 6.45) is 0.893. The maximum atomic E-state index is 13.5. The van der Waals surface area contributed by atoms with Gasteiger partial charge in [0.1, 0.15) is 17.4 Å². The molecule has 0 aliphatic carbocycles. The standard InChI is InChI=1S/C18H19F2NO2/c19-13-5-3-12(4-6-13)17(22)11-21-16-2-1-9-23-18-8-7-14(20)10-15(16)18/h3-8,10,16-17,21-22H,1-2,9,11H2. The Kier molecular flexibility index (Phi) is 4.88. The average molecular weight is 319 g/mol. The van der Waals surface area contributed by atoms with Crippen LogP contribution in [0.2, 0.25) is 0 Å². The maximum Gasteiger partial charge on any atom is 0.124 e. The van der Waals surface area contributed by atoms with Gasteiger partial charge < -0.3 is 15.2 Å². The van der Waals surface area contributed by atoms with Gasteiger partial charge in [-0.25, -0.2) is 8.78 Å². The van der Waals surface area contributed by atoms with Gasteiger partial charge in [-0.1, -0.05) is 12.1 Å². The molecule has 2 unspecified atom stereocenters. The number of aliphatic hydroxyl groups excluding tert-OH is 1. The Hall–Kier alpha value is -1.98. The molecule has 23 heavy (non-hydrogen) atoms. The summed E-state index contributed by atoms with van der Waals surface area (Å²) in [6.45, 7) is 0.892. The van der Waals surface area contributed by atoms with Crippen LogP contribution in [0.4, 0.5) is 8.78 Å². The summed E-state index contributed by atoms with van der Waals surface area (Å²) in [5.41, 5.74) is 1.41. The summed E-state index contributed by atoms with van der Waals surface area (Å²) in [5.74, 6) is 0.0389. The third-order valence-electron chi connectivity index (χ3n) is 4.05. The lowest BCUT2D eigenvalue weighted by atomic mass is 10.0. The number of hydrogen-bond acceptors (Lipinski definition) is 3. The first-order valence-corrected chi connectivity index (χ1v) is 7.72. The first-order valence-electron chi connectivity index (χ1n) is 7.72. The summed E-state index contributed by atoms with van der Waals surface area (Å²) in [7, 11) is 0. The summed E-state index contributed by atoms with van der Waals surface area (Å²) in [5, 5.41) is 13.5. The van der Waals surface area contributed by atoms with Crippen LogP contribution in [0, 0.1) is 11.6 Å². The van der Waals surface area contributed by atoms with Crippen LogP contribution in [0.5, 0.6) is 5.75 Å². The lowest BCUT2D eigenvalue weighted by Gasteiger charge is -2.21. The van der Waals surface area contributed by atoms with Gasteiger partial charge in [0, 0.05) is 18.2 Å². The highest BCUT2D eigenvalue weighted by Crippen LogP contribution is 2.32. The van der Waals surface area contributed by atoms with Crippen molar-refractivity contribution in [3.05, 3.63) is 65.2 Å². The molecule has 2 N–H and O–H groups in total. The molecule has 0 aromatic heterocycles. The number of halogens is 2. The molecule has 0 saturated carbocycles. The van der Waals surface area contributed by atoms with E-state index in [-0.39, 0.29) is 17.7 Å². The minimum atomic E-state index is -0.753. The molecule has 0 amide bonds. The third kappa shape index (κ3) is 3.86. The molecule has 1 heterocycles. The van der Waals surface area contributed by atoms with Crippen LogP contribution in [-0.4, -0.2) is 18.3 Å². The molecular formula is C18H19F2NO2. The fraction of sp³-hybridized carbons (Fsp3) is 0.333. The third-order valence-corrected chi connectivity index (χ3v) is 4.05. The number of rotatable bonds is 4. The zero-order chi connectivity index (χ0) is 16.2. The van der Waals surface area contributed by atoms with E-state index in [1.807, 2.05) is 0 Å². The van der Waals surface area contributed by atoms with E-state index >= 15 is 0 Å². The molecule has 1 aliphatic heterocycles. The van der Waals surface area contributed by atoms with Gasteiger partial charge in [-0.15, -0.1) is 0 Å². The van der Waals surface area contributed by atoms with Gasteiger partial charge in [0.25, 0.3) is 0 Å². The Labute approximate surface area is 133 Å². The van der Waals surface area contributed by atoms with E-state index in [9.17, 15) is 13.9 Å². The van der Waals surface area contributed by atoms with E-state index in [1.54, 1.807) is 18.2 Å². The molecule has 1 aliphatic rings. The minimum Gasteiger partial charge on any atom is -0.493 e. The summed E-state index contributed by atoms with van der Waals surface area (Å²) in [4.78, 5) is 0. The Morgan fingerprint density at radius 1 is 1.13 bits per heavy atom. The van der Waals surface area contributed by atoms with Gasteiger partial charge in [-0.2, -0.15) is 0 Å². The molecule has 0 bridgehead atoms. The Balaban J connectivity index is 1.70. The van der Waals surface area contributed by atoms with E-state index < -0.39 is 6.10 Å². The zero-order valence-corrected chi connectivity index (χ0v) is 12.6. The lowest BCUT2D eigenvalue weighted by Crippen LogP contribution is -2.26. The number of hydrogen-bond donors (Lipinski definition) is 2. The molecule has 3 nitrogen and oxygen atoms in total. The van der Waals surface area contributed by atoms with Crippen LogP contribution >= 0.6 is 0 Å². The second-order valence-corrected chi connectivity index (χ2v) is 5.70. The fourth-order valence-electron chi connectivity index (χ4n) is 2.82. The molecule has 0 fully saturated rings. The molecule has 2 aromatic rings. The Morgan fingerprint density at radius 3 is 2.65 bits per heavy atom. The van der Waals surface area contributed by atoms with Crippen LogP contribution in [0.3, 0.4) is 0 Å².